The Hall–Kier alpha value is -1.12. The summed E-state index contributed by atoms with van der Waals surface area (Å²) in [5.74, 6) is -4.31. The number of benzene rings is 1. The van der Waals surface area contributed by atoms with E-state index in [2.05, 4.69) is 4.72 Å². The highest BCUT2D eigenvalue weighted by Crippen LogP contribution is 2.20. The Bertz CT molecular complexity index is 538. The molecule has 0 saturated heterocycles. The fraction of sp³-hybridized carbons (Fsp3) is 0.455. The highest BCUT2D eigenvalue weighted by atomic mass is 32.2. The standard InChI is InChI=1S/C11H15F3N2O2S/c1-6(2)10(5-15)16-19(17,18)11-8(13)3-7(12)4-9(11)14/h3-4,6,10,16H,5,15H2,1-2H3. The van der Waals surface area contributed by atoms with Crippen molar-refractivity contribution in [2.24, 2.45) is 11.7 Å². The van der Waals surface area contributed by atoms with Gasteiger partial charge >= 0.3 is 0 Å². The molecule has 1 aromatic rings. The Labute approximate surface area is 109 Å². The molecular weight excluding hydrogens is 281 g/mol. The molecule has 0 radical (unpaired) electrons. The van der Waals surface area contributed by atoms with Gasteiger partial charge in [0.2, 0.25) is 10.0 Å². The van der Waals surface area contributed by atoms with Crippen LogP contribution in [-0.2, 0) is 10.0 Å². The lowest BCUT2D eigenvalue weighted by atomic mass is 10.1. The summed E-state index contributed by atoms with van der Waals surface area (Å²) >= 11 is 0. The van der Waals surface area contributed by atoms with Gasteiger partial charge in [0, 0.05) is 24.7 Å². The van der Waals surface area contributed by atoms with Gasteiger partial charge in [-0.1, -0.05) is 13.8 Å². The number of sulfonamides is 1. The molecule has 4 nitrogen and oxygen atoms in total. The third-order valence-corrected chi connectivity index (χ3v) is 4.14. The molecule has 0 heterocycles. The normalized spacial score (nSPS) is 13.8. The summed E-state index contributed by atoms with van der Waals surface area (Å²) in [6.07, 6.45) is 0. The van der Waals surface area contributed by atoms with E-state index in [1.54, 1.807) is 13.8 Å². The summed E-state index contributed by atoms with van der Waals surface area (Å²) in [5, 5.41) is 0. The van der Waals surface area contributed by atoms with Gasteiger partial charge in [0.05, 0.1) is 0 Å². The minimum atomic E-state index is -4.44. The fourth-order valence-corrected chi connectivity index (χ4v) is 3.02. The van der Waals surface area contributed by atoms with Crippen LogP contribution in [0.1, 0.15) is 13.8 Å². The maximum atomic E-state index is 13.4. The highest BCUT2D eigenvalue weighted by Gasteiger charge is 2.28. The quantitative estimate of drug-likeness (QED) is 0.862. The Kier molecular flexibility index (Phi) is 4.94. The van der Waals surface area contributed by atoms with Gasteiger partial charge < -0.3 is 5.73 Å². The summed E-state index contributed by atoms with van der Waals surface area (Å²) in [4.78, 5) is -1.20. The molecular formula is C11H15F3N2O2S. The van der Waals surface area contributed by atoms with Crippen molar-refractivity contribution < 1.29 is 21.6 Å². The van der Waals surface area contributed by atoms with E-state index < -0.39 is 38.4 Å². The van der Waals surface area contributed by atoms with Crippen LogP contribution in [0, 0.1) is 23.4 Å². The second-order valence-corrected chi connectivity index (χ2v) is 6.06. The number of halogens is 3. The van der Waals surface area contributed by atoms with E-state index in [0.717, 1.165) is 0 Å². The van der Waals surface area contributed by atoms with Crippen molar-refractivity contribution in [3.8, 4) is 0 Å². The van der Waals surface area contributed by atoms with Crippen molar-refractivity contribution in [1.29, 1.82) is 0 Å². The first-order valence-electron chi connectivity index (χ1n) is 5.56. The number of nitrogens with one attached hydrogen (secondary N) is 1. The van der Waals surface area contributed by atoms with Crippen molar-refractivity contribution in [2.75, 3.05) is 6.54 Å². The van der Waals surface area contributed by atoms with E-state index >= 15 is 0 Å². The van der Waals surface area contributed by atoms with Gasteiger partial charge in [-0.2, -0.15) is 0 Å². The van der Waals surface area contributed by atoms with Gasteiger partial charge in [0.15, 0.2) is 4.90 Å². The Morgan fingerprint density at radius 3 is 2.05 bits per heavy atom. The summed E-state index contributed by atoms with van der Waals surface area (Å²) in [7, 11) is -4.44. The number of nitrogens with two attached hydrogens (primary N) is 1. The molecule has 0 aliphatic heterocycles. The third kappa shape index (κ3) is 3.68. The average molecular weight is 296 g/mol. The zero-order valence-electron chi connectivity index (χ0n) is 10.5. The SMILES string of the molecule is CC(C)C(CN)NS(=O)(=O)c1c(F)cc(F)cc1F. The van der Waals surface area contributed by atoms with Crippen molar-refractivity contribution in [1.82, 2.24) is 4.72 Å². The van der Waals surface area contributed by atoms with E-state index in [4.69, 9.17) is 5.73 Å². The summed E-state index contributed by atoms with van der Waals surface area (Å²) in [6, 6.07) is -0.0524. The summed E-state index contributed by atoms with van der Waals surface area (Å²) in [6.45, 7) is 3.39. The third-order valence-electron chi connectivity index (χ3n) is 2.60. The second kappa shape index (κ2) is 5.89. The topological polar surface area (TPSA) is 72.2 Å². The molecule has 0 aliphatic rings. The van der Waals surface area contributed by atoms with Crippen molar-refractivity contribution in [3.63, 3.8) is 0 Å². The molecule has 1 rings (SSSR count). The van der Waals surface area contributed by atoms with E-state index in [1.165, 1.54) is 0 Å². The average Bonchev–Trinajstić information content (AvgIpc) is 2.23. The van der Waals surface area contributed by atoms with Crippen molar-refractivity contribution in [3.05, 3.63) is 29.6 Å². The molecule has 0 aliphatic carbocycles. The molecule has 1 atom stereocenters. The summed E-state index contributed by atoms with van der Waals surface area (Å²) in [5.41, 5.74) is 5.38. The maximum absolute atomic E-state index is 13.4. The maximum Gasteiger partial charge on any atom is 0.246 e. The molecule has 0 fully saturated rings. The molecule has 19 heavy (non-hydrogen) atoms. The molecule has 0 aromatic heterocycles. The Balaban J connectivity index is 3.21. The lowest BCUT2D eigenvalue weighted by Crippen LogP contribution is -2.44. The van der Waals surface area contributed by atoms with Crippen LogP contribution in [0.3, 0.4) is 0 Å². The van der Waals surface area contributed by atoms with E-state index in [0.29, 0.717) is 12.1 Å². The first kappa shape index (κ1) is 15.9. The Morgan fingerprint density at radius 1 is 1.21 bits per heavy atom. The first-order valence-corrected chi connectivity index (χ1v) is 7.04. The summed E-state index contributed by atoms with van der Waals surface area (Å²) < 4.78 is 65.5. The number of rotatable bonds is 5. The molecule has 1 unspecified atom stereocenters. The van der Waals surface area contributed by atoms with Crippen LogP contribution in [0.15, 0.2) is 17.0 Å². The minimum absolute atomic E-state index is 0.0265. The lowest BCUT2D eigenvalue weighted by Gasteiger charge is -2.20. The molecule has 0 spiro atoms. The smallest absolute Gasteiger partial charge is 0.246 e. The molecule has 0 amide bonds. The van der Waals surface area contributed by atoms with Gasteiger partial charge in [0.25, 0.3) is 0 Å². The van der Waals surface area contributed by atoms with Crippen LogP contribution in [0.4, 0.5) is 13.2 Å². The van der Waals surface area contributed by atoms with Crippen LogP contribution in [0.5, 0.6) is 0 Å². The number of hydrogen-bond acceptors (Lipinski definition) is 3. The first-order chi connectivity index (χ1) is 8.69. The zero-order valence-corrected chi connectivity index (χ0v) is 11.3. The second-order valence-electron chi connectivity index (χ2n) is 4.41. The van der Waals surface area contributed by atoms with Crippen LogP contribution in [0.2, 0.25) is 0 Å². The van der Waals surface area contributed by atoms with Gasteiger partial charge in [0.1, 0.15) is 17.5 Å². The molecule has 0 saturated carbocycles. The van der Waals surface area contributed by atoms with E-state index in [9.17, 15) is 21.6 Å². The largest absolute Gasteiger partial charge is 0.329 e. The minimum Gasteiger partial charge on any atom is -0.329 e. The van der Waals surface area contributed by atoms with Crippen LogP contribution >= 0.6 is 0 Å². The highest BCUT2D eigenvalue weighted by molar-refractivity contribution is 7.89. The predicted octanol–water partition coefficient (Wildman–Crippen LogP) is 1.37. The van der Waals surface area contributed by atoms with Gasteiger partial charge in [-0.05, 0) is 5.92 Å². The monoisotopic (exact) mass is 296 g/mol. The van der Waals surface area contributed by atoms with Gasteiger partial charge in [-0.15, -0.1) is 0 Å². The predicted molar refractivity (Wildman–Crippen MR) is 64.3 cm³/mol. The van der Waals surface area contributed by atoms with E-state index in [1.807, 2.05) is 0 Å². The van der Waals surface area contributed by atoms with E-state index in [-0.39, 0.29) is 12.5 Å². The van der Waals surface area contributed by atoms with Crippen LogP contribution < -0.4 is 10.5 Å². The molecule has 8 heteroatoms. The lowest BCUT2D eigenvalue weighted by molar-refractivity contribution is 0.446. The molecule has 0 bridgehead atoms. The zero-order chi connectivity index (χ0) is 14.8. The van der Waals surface area contributed by atoms with Crippen LogP contribution in [0.25, 0.3) is 0 Å². The molecule has 3 N–H and O–H groups in total. The van der Waals surface area contributed by atoms with Crippen molar-refractivity contribution in [2.45, 2.75) is 24.8 Å². The fourth-order valence-electron chi connectivity index (χ4n) is 1.50. The number of hydrogen-bond donors (Lipinski definition) is 2. The van der Waals surface area contributed by atoms with Crippen molar-refractivity contribution >= 4 is 10.0 Å². The molecule has 108 valence electrons. The molecule has 1 aromatic carbocycles. The Morgan fingerprint density at radius 2 is 1.68 bits per heavy atom. The van der Waals surface area contributed by atoms with Crippen LogP contribution in [-0.4, -0.2) is 21.0 Å². The van der Waals surface area contributed by atoms with Gasteiger partial charge in [-0.25, -0.2) is 26.3 Å². The van der Waals surface area contributed by atoms with Gasteiger partial charge in [-0.3, -0.25) is 0 Å².